The Morgan fingerprint density at radius 2 is 1.53 bits per heavy atom. The van der Waals surface area contributed by atoms with Gasteiger partial charge in [-0.25, -0.2) is 12.8 Å². The second-order valence-corrected chi connectivity index (χ2v) is 10.6. The second-order valence-electron chi connectivity index (χ2n) is 7.53. The molecule has 1 saturated heterocycles. The Morgan fingerprint density at radius 1 is 0.906 bits per heavy atom. The van der Waals surface area contributed by atoms with Crippen LogP contribution >= 0.6 is 11.8 Å². The van der Waals surface area contributed by atoms with Gasteiger partial charge < -0.3 is 5.32 Å². The summed E-state index contributed by atoms with van der Waals surface area (Å²) in [6, 6.07) is 22.4. The first-order valence-corrected chi connectivity index (χ1v) is 12.6. The summed E-state index contributed by atoms with van der Waals surface area (Å²) in [7, 11) is -3.70. The number of carbonyl (C=O) groups excluding carboxylic acids is 1. The van der Waals surface area contributed by atoms with Crippen LogP contribution in [0.4, 0.5) is 10.1 Å². The van der Waals surface area contributed by atoms with Gasteiger partial charge in [-0.15, -0.1) is 0 Å². The van der Waals surface area contributed by atoms with Crippen LogP contribution in [-0.4, -0.2) is 31.7 Å². The molecular formula is C24H23FN2O3S2. The first-order chi connectivity index (χ1) is 15.4. The Hall–Kier alpha value is -2.68. The van der Waals surface area contributed by atoms with E-state index in [-0.39, 0.29) is 29.8 Å². The van der Waals surface area contributed by atoms with Crippen LogP contribution in [0.15, 0.2) is 93.5 Å². The van der Waals surface area contributed by atoms with Crippen molar-refractivity contribution in [3.8, 4) is 0 Å². The lowest BCUT2D eigenvalue weighted by Crippen LogP contribution is -2.41. The number of anilines is 1. The largest absolute Gasteiger partial charge is 0.325 e. The molecule has 0 spiro atoms. The third-order valence-corrected chi connectivity index (χ3v) is 8.39. The molecule has 1 amide bonds. The molecule has 1 N–H and O–H groups in total. The first-order valence-electron chi connectivity index (χ1n) is 10.3. The molecular weight excluding hydrogens is 447 g/mol. The minimum Gasteiger partial charge on any atom is -0.325 e. The molecule has 3 aromatic carbocycles. The molecule has 166 valence electrons. The number of benzene rings is 3. The molecule has 1 fully saturated rings. The Morgan fingerprint density at radius 3 is 2.22 bits per heavy atom. The molecule has 5 nitrogen and oxygen atoms in total. The van der Waals surface area contributed by atoms with E-state index in [1.165, 1.54) is 16.4 Å². The monoisotopic (exact) mass is 470 g/mol. The van der Waals surface area contributed by atoms with Crippen molar-refractivity contribution < 1.29 is 17.6 Å². The van der Waals surface area contributed by atoms with Gasteiger partial charge in [0.2, 0.25) is 15.9 Å². The van der Waals surface area contributed by atoms with E-state index in [9.17, 15) is 17.6 Å². The number of nitrogens with one attached hydrogen (secondary N) is 1. The highest BCUT2D eigenvalue weighted by atomic mass is 32.2. The summed E-state index contributed by atoms with van der Waals surface area (Å²) in [4.78, 5) is 15.0. The number of carbonyl (C=O) groups is 1. The molecule has 0 bridgehead atoms. The average Bonchev–Trinajstić information content (AvgIpc) is 2.81. The summed E-state index contributed by atoms with van der Waals surface area (Å²) in [6.07, 6.45) is 0.862. The number of nitrogens with zero attached hydrogens (tertiary/aromatic N) is 1. The lowest BCUT2D eigenvalue weighted by atomic mass is 9.97. The van der Waals surface area contributed by atoms with Crippen LogP contribution in [0.25, 0.3) is 0 Å². The highest BCUT2D eigenvalue weighted by Crippen LogP contribution is 2.34. The van der Waals surface area contributed by atoms with E-state index < -0.39 is 15.8 Å². The zero-order valence-corrected chi connectivity index (χ0v) is 18.9. The molecule has 0 saturated carbocycles. The molecule has 32 heavy (non-hydrogen) atoms. The Kier molecular flexibility index (Phi) is 6.93. The van der Waals surface area contributed by atoms with Gasteiger partial charge in [-0.2, -0.15) is 4.31 Å². The molecule has 0 unspecified atom stereocenters. The molecule has 1 aliphatic heterocycles. The van der Waals surface area contributed by atoms with Crippen LogP contribution in [0.3, 0.4) is 0 Å². The highest BCUT2D eigenvalue weighted by Gasteiger charge is 2.32. The van der Waals surface area contributed by atoms with E-state index in [4.69, 9.17) is 0 Å². The third-order valence-electron chi connectivity index (χ3n) is 5.39. The van der Waals surface area contributed by atoms with Gasteiger partial charge in [0, 0.05) is 28.8 Å². The maximum atomic E-state index is 13.1. The van der Waals surface area contributed by atoms with Crippen LogP contribution in [0, 0.1) is 11.7 Å². The van der Waals surface area contributed by atoms with Crippen LogP contribution < -0.4 is 5.32 Å². The summed E-state index contributed by atoms with van der Waals surface area (Å²) in [5.74, 6) is -0.862. The quantitative estimate of drug-likeness (QED) is 0.550. The minimum atomic E-state index is -3.70. The normalized spacial score (nSPS) is 15.4. The number of rotatable bonds is 6. The van der Waals surface area contributed by atoms with E-state index >= 15 is 0 Å². The van der Waals surface area contributed by atoms with Gasteiger partial charge in [0.25, 0.3) is 0 Å². The summed E-state index contributed by atoms with van der Waals surface area (Å²) < 4.78 is 40.1. The third kappa shape index (κ3) is 5.20. The number of amides is 1. The van der Waals surface area contributed by atoms with Gasteiger partial charge in [0.1, 0.15) is 5.82 Å². The number of para-hydroxylation sites is 1. The number of halogens is 1. The maximum Gasteiger partial charge on any atom is 0.243 e. The lowest BCUT2D eigenvalue weighted by Gasteiger charge is -2.30. The highest BCUT2D eigenvalue weighted by molar-refractivity contribution is 7.99. The summed E-state index contributed by atoms with van der Waals surface area (Å²) in [6.45, 7) is 0.496. The van der Waals surface area contributed by atoms with Gasteiger partial charge in [-0.3, -0.25) is 4.79 Å². The van der Waals surface area contributed by atoms with Crippen LogP contribution in [-0.2, 0) is 14.8 Å². The molecule has 0 radical (unpaired) electrons. The Balaban J connectivity index is 1.39. The smallest absolute Gasteiger partial charge is 0.243 e. The van der Waals surface area contributed by atoms with Crippen molar-refractivity contribution >= 4 is 33.4 Å². The predicted molar refractivity (Wildman–Crippen MR) is 124 cm³/mol. The predicted octanol–water partition coefficient (Wildman–Crippen LogP) is 5.02. The topological polar surface area (TPSA) is 66.5 Å². The van der Waals surface area contributed by atoms with E-state index in [1.54, 1.807) is 11.8 Å². The molecule has 4 rings (SSSR count). The van der Waals surface area contributed by atoms with Crippen molar-refractivity contribution in [2.45, 2.75) is 27.5 Å². The van der Waals surface area contributed by atoms with E-state index in [1.807, 2.05) is 54.6 Å². The average molecular weight is 471 g/mol. The first kappa shape index (κ1) is 22.5. The fourth-order valence-corrected chi connectivity index (χ4v) is 6.02. The van der Waals surface area contributed by atoms with Crippen molar-refractivity contribution in [2.24, 2.45) is 5.92 Å². The Bertz CT molecular complexity index is 1180. The van der Waals surface area contributed by atoms with Crippen molar-refractivity contribution in [3.63, 3.8) is 0 Å². The minimum absolute atomic E-state index is 0.0636. The maximum absolute atomic E-state index is 13.1. The molecule has 0 aromatic heterocycles. The standard InChI is InChI=1S/C24H23FN2O3S2/c25-19-10-12-21(13-11-19)32(29,30)27-16-14-18(15-17-27)24(28)26-22-8-4-5-9-23(22)31-20-6-2-1-3-7-20/h1-13,18H,14-17H2,(H,26,28). The second kappa shape index (κ2) is 9.85. The van der Waals surface area contributed by atoms with Gasteiger partial charge in [-0.1, -0.05) is 42.1 Å². The van der Waals surface area contributed by atoms with E-state index in [0.717, 1.165) is 27.6 Å². The molecule has 0 aliphatic carbocycles. The van der Waals surface area contributed by atoms with Crippen LogP contribution in [0.1, 0.15) is 12.8 Å². The van der Waals surface area contributed by atoms with Crippen molar-refractivity contribution in [2.75, 3.05) is 18.4 Å². The van der Waals surface area contributed by atoms with Crippen LogP contribution in [0.5, 0.6) is 0 Å². The Labute approximate surface area is 191 Å². The fraction of sp³-hybridized carbons (Fsp3) is 0.208. The van der Waals surface area contributed by atoms with Gasteiger partial charge in [0.15, 0.2) is 0 Å². The van der Waals surface area contributed by atoms with Crippen molar-refractivity contribution in [1.29, 1.82) is 0 Å². The fourth-order valence-electron chi connectivity index (χ4n) is 3.62. The summed E-state index contributed by atoms with van der Waals surface area (Å²) in [5, 5.41) is 3.02. The molecule has 1 aliphatic rings. The summed E-state index contributed by atoms with van der Waals surface area (Å²) >= 11 is 1.58. The van der Waals surface area contributed by atoms with Gasteiger partial charge in [-0.05, 0) is 61.4 Å². The number of hydrogen-bond donors (Lipinski definition) is 1. The molecule has 8 heteroatoms. The number of sulfonamides is 1. The molecule has 0 atom stereocenters. The number of piperidine rings is 1. The zero-order chi connectivity index (χ0) is 22.6. The van der Waals surface area contributed by atoms with Crippen LogP contribution in [0.2, 0.25) is 0 Å². The van der Waals surface area contributed by atoms with Gasteiger partial charge >= 0.3 is 0 Å². The molecule has 3 aromatic rings. The molecule has 1 heterocycles. The SMILES string of the molecule is O=C(Nc1ccccc1Sc1ccccc1)C1CCN(S(=O)(=O)c2ccc(F)cc2)CC1. The van der Waals surface area contributed by atoms with E-state index in [0.29, 0.717) is 12.8 Å². The number of hydrogen-bond acceptors (Lipinski definition) is 4. The lowest BCUT2D eigenvalue weighted by molar-refractivity contribution is -0.120. The zero-order valence-electron chi connectivity index (χ0n) is 17.3. The van der Waals surface area contributed by atoms with Crippen molar-refractivity contribution in [3.05, 3.63) is 84.7 Å². The summed E-state index contributed by atoms with van der Waals surface area (Å²) in [5.41, 5.74) is 0.743. The van der Waals surface area contributed by atoms with Gasteiger partial charge in [0.05, 0.1) is 10.6 Å². The van der Waals surface area contributed by atoms with E-state index in [2.05, 4.69) is 5.32 Å². The van der Waals surface area contributed by atoms with Crippen molar-refractivity contribution in [1.82, 2.24) is 4.31 Å².